The highest BCUT2D eigenvalue weighted by molar-refractivity contribution is 7.87. The molecule has 1 N–H and O–H groups in total. The average Bonchev–Trinajstić information content (AvgIpc) is 2.53. The summed E-state index contributed by atoms with van der Waals surface area (Å²) in [5.41, 5.74) is 0.0747. The highest BCUT2D eigenvalue weighted by atomic mass is 32.2. The fourth-order valence-electron chi connectivity index (χ4n) is 1.26. The number of alkyl halides is 2. The Morgan fingerprint density at radius 1 is 1.12 bits per heavy atom. The van der Waals surface area contributed by atoms with E-state index >= 15 is 0 Å². The zero-order valence-electron chi connectivity index (χ0n) is 13.1. The predicted octanol–water partition coefficient (Wildman–Crippen LogP) is 1.10. The van der Waals surface area contributed by atoms with Crippen LogP contribution in [0, 0.1) is 0 Å². The lowest BCUT2D eigenvalue weighted by Gasteiger charge is -2.12. The van der Waals surface area contributed by atoms with Gasteiger partial charge in [0.2, 0.25) is 0 Å². The van der Waals surface area contributed by atoms with Crippen LogP contribution in [0.25, 0.3) is 0 Å². The molecule has 1 aromatic rings. The molecular formula is C14H12F2O9S. The second kappa shape index (κ2) is 8.01. The quantitative estimate of drug-likeness (QED) is 0.312. The summed E-state index contributed by atoms with van der Waals surface area (Å²) in [6, 6.07) is 3.90. The lowest BCUT2D eigenvalue weighted by atomic mass is 10.3. The molecule has 0 aliphatic carbocycles. The van der Waals surface area contributed by atoms with Crippen molar-refractivity contribution in [1.82, 2.24) is 0 Å². The number of rotatable bonds is 7. The van der Waals surface area contributed by atoms with Crippen LogP contribution in [0.15, 0.2) is 36.4 Å². The summed E-state index contributed by atoms with van der Waals surface area (Å²) in [4.78, 5) is 33.6. The maximum absolute atomic E-state index is 13.0. The molecule has 9 nitrogen and oxygen atoms in total. The van der Waals surface area contributed by atoms with Crippen LogP contribution in [0.3, 0.4) is 0 Å². The SMILES string of the molecule is C=C(C)C(=O)OCC(=O)Oc1ccc(OC(=O)C(F)(F)S(=O)(=O)O)cc1. The fourth-order valence-corrected chi connectivity index (χ4v) is 1.51. The van der Waals surface area contributed by atoms with Gasteiger partial charge in [-0.25, -0.2) is 14.4 Å². The molecule has 0 saturated heterocycles. The zero-order valence-corrected chi connectivity index (χ0v) is 13.9. The van der Waals surface area contributed by atoms with E-state index in [-0.39, 0.29) is 11.3 Å². The molecule has 0 bridgehead atoms. The molecule has 1 rings (SSSR count). The van der Waals surface area contributed by atoms with Crippen molar-refractivity contribution in [1.29, 1.82) is 0 Å². The van der Waals surface area contributed by atoms with Gasteiger partial charge in [0.15, 0.2) is 6.61 Å². The molecule has 12 heteroatoms. The summed E-state index contributed by atoms with van der Waals surface area (Å²) in [5.74, 6) is -4.89. The summed E-state index contributed by atoms with van der Waals surface area (Å²) in [6.07, 6.45) is 0. The van der Waals surface area contributed by atoms with Gasteiger partial charge in [0.05, 0.1) is 0 Å². The number of hydrogen-bond donors (Lipinski definition) is 1. The Morgan fingerprint density at radius 2 is 1.58 bits per heavy atom. The second-order valence-corrected chi connectivity index (χ2v) is 6.15. The van der Waals surface area contributed by atoms with Crippen LogP contribution in [0.2, 0.25) is 0 Å². The van der Waals surface area contributed by atoms with Crippen molar-refractivity contribution in [3.8, 4) is 11.5 Å². The van der Waals surface area contributed by atoms with Crippen LogP contribution >= 0.6 is 0 Å². The highest BCUT2D eigenvalue weighted by Crippen LogP contribution is 2.25. The van der Waals surface area contributed by atoms with Crippen molar-refractivity contribution in [2.75, 3.05) is 6.61 Å². The van der Waals surface area contributed by atoms with Gasteiger partial charge >= 0.3 is 33.3 Å². The molecule has 0 radical (unpaired) electrons. The third-order valence-electron chi connectivity index (χ3n) is 2.50. The van der Waals surface area contributed by atoms with Gasteiger partial charge in [-0.15, -0.1) is 0 Å². The van der Waals surface area contributed by atoms with E-state index < -0.39 is 45.6 Å². The van der Waals surface area contributed by atoms with Crippen LogP contribution in [0.5, 0.6) is 11.5 Å². The first-order chi connectivity index (χ1) is 11.8. The van der Waals surface area contributed by atoms with Gasteiger partial charge in [0, 0.05) is 5.57 Å². The highest BCUT2D eigenvalue weighted by Gasteiger charge is 2.54. The first-order valence-corrected chi connectivity index (χ1v) is 7.99. The Kier molecular flexibility index (Phi) is 6.53. The van der Waals surface area contributed by atoms with E-state index in [2.05, 4.69) is 16.1 Å². The van der Waals surface area contributed by atoms with Crippen molar-refractivity contribution in [2.45, 2.75) is 12.2 Å². The van der Waals surface area contributed by atoms with Gasteiger partial charge in [-0.05, 0) is 31.2 Å². The molecule has 0 saturated carbocycles. The largest absolute Gasteiger partial charge is 0.466 e. The van der Waals surface area contributed by atoms with Crippen LogP contribution in [0.4, 0.5) is 8.78 Å². The summed E-state index contributed by atoms with van der Waals surface area (Å²) in [6.45, 7) is 3.98. The Bertz CT molecular complexity index is 828. The molecule has 0 aromatic heterocycles. The van der Waals surface area contributed by atoms with E-state index in [1.54, 1.807) is 0 Å². The number of carbonyl (C=O) groups is 3. The standard InChI is InChI=1S/C14H12F2O9S/c1-8(2)12(18)23-7-11(17)24-9-3-5-10(6-4-9)25-13(19)14(15,16)26(20,21)22/h3-6H,1,7H2,2H3,(H,20,21,22). The van der Waals surface area contributed by atoms with Crippen LogP contribution in [-0.2, 0) is 29.2 Å². The number of hydrogen-bond acceptors (Lipinski definition) is 8. The summed E-state index contributed by atoms with van der Waals surface area (Å²) >= 11 is 0. The fraction of sp³-hybridized carbons (Fsp3) is 0.214. The molecule has 0 aliphatic rings. The summed E-state index contributed by atoms with van der Waals surface area (Å²) < 4.78 is 68.6. The zero-order chi connectivity index (χ0) is 20.1. The van der Waals surface area contributed by atoms with Gasteiger partial charge in [-0.2, -0.15) is 17.2 Å². The van der Waals surface area contributed by atoms with Gasteiger partial charge in [0.25, 0.3) is 0 Å². The van der Waals surface area contributed by atoms with Crippen LogP contribution in [-0.4, -0.2) is 42.7 Å². The molecule has 0 atom stereocenters. The maximum atomic E-state index is 13.0. The van der Waals surface area contributed by atoms with Crippen molar-refractivity contribution < 1.29 is 50.3 Å². The van der Waals surface area contributed by atoms with Crippen molar-refractivity contribution in [2.24, 2.45) is 0 Å². The van der Waals surface area contributed by atoms with Crippen molar-refractivity contribution in [3.05, 3.63) is 36.4 Å². The molecule has 0 aliphatic heterocycles. The van der Waals surface area contributed by atoms with Gasteiger partial charge in [-0.3, -0.25) is 4.55 Å². The topological polar surface area (TPSA) is 133 Å². The van der Waals surface area contributed by atoms with E-state index in [4.69, 9.17) is 9.29 Å². The van der Waals surface area contributed by atoms with E-state index in [0.717, 1.165) is 24.3 Å². The molecule has 142 valence electrons. The van der Waals surface area contributed by atoms with Crippen molar-refractivity contribution >= 4 is 28.0 Å². The van der Waals surface area contributed by atoms with Gasteiger partial charge < -0.3 is 14.2 Å². The van der Waals surface area contributed by atoms with E-state index in [9.17, 15) is 31.6 Å². The molecular weight excluding hydrogens is 382 g/mol. The number of ether oxygens (including phenoxy) is 3. The van der Waals surface area contributed by atoms with E-state index in [1.807, 2.05) is 0 Å². The molecule has 1 aromatic carbocycles. The third kappa shape index (κ3) is 5.60. The predicted molar refractivity (Wildman–Crippen MR) is 80.0 cm³/mol. The molecule has 0 fully saturated rings. The lowest BCUT2D eigenvalue weighted by molar-refractivity contribution is -0.151. The number of halogens is 2. The number of esters is 3. The molecule has 0 amide bonds. The second-order valence-electron chi connectivity index (χ2n) is 4.68. The Labute approximate surface area is 145 Å². The summed E-state index contributed by atoms with van der Waals surface area (Å²) in [7, 11) is -5.99. The van der Waals surface area contributed by atoms with Crippen LogP contribution < -0.4 is 9.47 Å². The number of benzene rings is 1. The average molecular weight is 394 g/mol. The van der Waals surface area contributed by atoms with Crippen LogP contribution in [0.1, 0.15) is 6.92 Å². The molecule has 0 unspecified atom stereocenters. The molecule has 0 heterocycles. The Morgan fingerprint density at radius 3 is 2.00 bits per heavy atom. The Hall–Kier alpha value is -2.86. The smallest absolute Gasteiger partial charge is 0.450 e. The van der Waals surface area contributed by atoms with Gasteiger partial charge in [0.1, 0.15) is 11.5 Å². The minimum atomic E-state index is -5.99. The molecule has 0 spiro atoms. The third-order valence-corrected chi connectivity index (χ3v) is 3.31. The minimum absolute atomic E-state index is 0.0747. The minimum Gasteiger partial charge on any atom is -0.450 e. The van der Waals surface area contributed by atoms with E-state index in [0.29, 0.717) is 0 Å². The first kappa shape index (κ1) is 21.2. The lowest BCUT2D eigenvalue weighted by Crippen LogP contribution is -2.40. The Balaban J connectivity index is 2.66. The van der Waals surface area contributed by atoms with Gasteiger partial charge in [-0.1, -0.05) is 6.58 Å². The van der Waals surface area contributed by atoms with E-state index in [1.165, 1.54) is 6.92 Å². The summed E-state index contributed by atoms with van der Waals surface area (Å²) in [5, 5.41) is -5.15. The maximum Gasteiger partial charge on any atom is 0.466 e. The number of carbonyl (C=O) groups excluding carboxylic acids is 3. The van der Waals surface area contributed by atoms with Crippen molar-refractivity contribution in [3.63, 3.8) is 0 Å². The monoisotopic (exact) mass is 394 g/mol. The normalized spacial score (nSPS) is 11.4. The molecule has 26 heavy (non-hydrogen) atoms. The first-order valence-electron chi connectivity index (χ1n) is 6.55.